The Bertz CT molecular complexity index is 263. The fourth-order valence-corrected chi connectivity index (χ4v) is 2.94. The van der Waals surface area contributed by atoms with E-state index in [9.17, 15) is 4.79 Å². The van der Waals surface area contributed by atoms with Crippen molar-refractivity contribution in [1.82, 2.24) is 4.90 Å². The van der Waals surface area contributed by atoms with E-state index in [1.54, 1.807) is 0 Å². The zero-order valence-electron chi connectivity index (χ0n) is 9.95. The van der Waals surface area contributed by atoms with E-state index in [0.29, 0.717) is 19.1 Å². The van der Waals surface area contributed by atoms with Crippen molar-refractivity contribution < 1.29 is 14.6 Å². The molecule has 1 atom stereocenters. The molecule has 1 N–H and O–H groups in total. The lowest BCUT2D eigenvalue weighted by Gasteiger charge is -2.39. The average molecular weight is 227 g/mol. The molecular weight excluding hydrogens is 206 g/mol. The summed E-state index contributed by atoms with van der Waals surface area (Å²) < 4.78 is 5.16. The van der Waals surface area contributed by atoms with Gasteiger partial charge in [0, 0.05) is 12.6 Å². The SMILES string of the molecule is CC1(CCO)COC(=O)N1C1CCCCC1. The maximum Gasteiger partial charge on any atom is 0.410 e. The van der Waals surface area contributed by atoms with Crippen LogP contribution in [0.15, 0.2) is 0 Å². The molecule has 1 amide bonds. The van der Waals surface area contributed by atoms with Crippen LogP contribution in [-0.4, -0.2) is 40.9 Å². The minimum atomic E-state index is -0.298. The molecule has 1 unspecified atom stereocenters. The van der Waals surface area contributed by atoms with E-state index >= 15 is 0 Å². The topological polar surface area (TPSA) is 49.8 Å². The first kappa shape index (κ1) is 11.7. The van der Waals surface area contributed by atoms with Crippen LogP contribution in [-0.2, 0) is 4.74 Å². The minimum absolute atomic E-state index is 0.107. The predicted molar refractivity (Wildman–Crippen MR) is 60.2 cm³/mol. The largest absolute Gasteiger partial charge is 0.447 e. The van der Waals surface area contributed by atoms with Crippen LogP contribution in [0.25, 0.3) is 0 Å². The Balaban J connectivity index is 2.11. The molecule has 0 aromatic heterocycles. The molecule has 92 valence electrons. The van der Waals surface area contributed by atoms with Gasteiger partial charge in [-0.25, -0.2) is 4.79 Å². The molecule has 16 heavy (non-hydrogen) atoms. The molecule has 1 saturated heterocycles. The summed E-state index contributed by atoms with van der Waals surface area (Å²) in [6.45, 7) is 2.54. The van der Waals surface area contributed by atoms with E-state index in [4.69, 9.17) is 9.84 Å². The van der Waals surface area contributed by atoms with Gasteiger partial charge >= 0.3 is 6.09 Å². The lowest BCUT2D eigenvalue weighted by molar-refractivity contribution is 0.0860. The molecule has 1 aliphatic heterocycles. The van der Waals surface area contributed by atoms with E-state index < -0.39 is 0 Å². The molecule has 1 heterocycles. The van der Waals surface area contributed by atoms with Crippen LogP contribution in [0.2, 0.25) is 0 Å². The smallest absolute Gasteiger partial charge is 0.410 e. The van der Waals surface area contributed by atoms with Crippen LogP contribution in [0, 0.1) is 0 Å². The molecule has 0 bridgehead atoms. The second-order valence-electron chi connectivity index (χ2n) is 5.19. The number of amides is 1. The molecule has 0 spiro atoms. The van der Waals surface area contributed by atoms with Crippen molar-refractivity contribution in [2.45, 2.75) is 57.0 Å². The first-order valence-electron chi connectivity index (χ1n) is 6.24. The minimum Gasteiger partial charge on any atom is -0.447 e. The zero-order valence-corrected chi connectivity index (χ0v) is 9.95. The Morgan fingerprint density at radius 2 is 2.12 bits per heavy atom. The van der Waals surface area contributed by atoms with Crippen LogP contribution < -0.4 is 0 Å². The van der Waals surface area contributed by atoms with Gasteiger partial charge in [-0.05, 0) is 26.2 Å². The van der Waals surface area contributed by atoms with Crippen LogP contribution >= 0.6 is 0 Å². The van der Waals surface area contributed by atoms with Gasteiger partial charge in [0.15, 0.2) is 0 Å². The summed E-state index contributed by atoms with van der Waals surface area (Å²) in [4.78, 5) is 13.7. The lowest BCUT2D eigenvalue weighted by Crippen LogP contribution is -2.51. The van der Waals surface area contributed by atoms with E-state index in [1.807, 2.05) is 11.8 Å². The van der Waals surface area contributed by atoms with Crippen LogP contribution in [0.1, 0.15) is 45.4 Å². The number of hydrogen-bond acceptors (Lipinski definition) is 3. The highest BCUT2D eigenvalue weighted by Gasteiger charge is 2.46. The highest BCUT2D eigenvalue weighted by atomic mass is 16.6. The Labute approximate surface area is 96.6 Å². The van der Waals surface area contributed by atoms with Gasteiger partial charge in [-0.3, -0.25) is 4.90 Å². The van der Waals surface area contributed by atoms with Gasteiger partial charge < -0.3 is 9.84 Å². The quantitative estimate of drug-likeness (QED) is 0.801. The van der Waals surface area contributed by atoms with E-state index in [1.165, 1.54) is 19.3 Å². The van der Waals surface area contributed by atoms with Crippen molar-refractivity contribution in [3.63, 3.8) is 0 Å². The molecule has 0 radical (unpaired) electrons. The summed E-state index contributed by atoms with van der Waals surface area (Å²) in [6, 6.07) is 0.320. The molecular formula is C12H21NO3. The van der Waals surface area contributed by atoms with Gasteiger partial charge in [0.2, 0.25) is 0 Å². The van der Waals surface area contributed by atoms with Crippen LogP contribution in [0.5, 0.6) is 0 Å². The number of carbonyl (C=O) groups is 1. The Kier molecular flexibility index (Phi) is 3.38. The van der Waals surface area contributed by atoms with Crippen molar-refractivity contribution >= 4 is 6.09 Å². The zero-order chi connectivity index (χ0) is 11.6. The van der Waals surface area contributed by atoms with Crippen molar-refractivity contribution in [3.05, 3.63) is 0 Å². The maximum absolute atomic E-state index is 11.8. The monoisotopic (exact) mass is 227 g/mol. The highest BCUT2D eigenvalue weighted by Crippen LogP contribution is 2.34. The normalized spacial score (nSPS) is 31.9. The van der Waals surface area contributed by atoms with E-state index in [-0.39, 0.29) is 18.2 Å². The van der Waals surface area contributed by atoms with Crippen LogP contribution in [0.3, 0.4) is 0 Å². The maximum atomic E-state index is 11.8. The second kappa shape index (κ2) is 4.62. The number of hydrogen-bond donors (Lipinski definition) is 1. The number of ether oxygens (including phenoxy) is 1. The Morgan fingerprint density at radius 3 is 2.75 bits per heavy atom. The summed E-state index contributed by atoms with van der Waals surface area (Å²) in [5.41, 5.74) is -0.298. The first-order valence-corrected chi connectivity index (χ1v) is 6.24. The fraction of sp³-hybridized carbons (Fsp3) is 0.917. The highest BCUT2D eigenvalue weighted by molar-refractivity contribution is 5.71. The van der Waals surface area contributed by atoms with Crippen molar-refractivity contribution in [2.24, 2.45) is 0 Å². The molecule has 2 rings (SSSR count). The summed E-state index contributed by atoms with van der Waals surface area (Å²) >= 11 is 0. The van der Waals surface area contributed by atoms with Gasteiger partial charge in [0.1, 0.15) is 6.61 Å². The lowest BCUT2D eigenvalue weighted by atomic mass is 9.89. The molecule has 1 saturated carbocycles. The summed E-state index contributed by atoms with van der Waals surface area (Å²) in [5.74, 6) is 0. The molecule has 1 aliphatic carbocycles. The third-order valence-electron chi connectivity index (χ3n) is 3.88. The standard InChI is InChI=1S/C12H21NO3/c1-12(7-8-14)9-16-11(15)13(12)10-5-3-2-4-6-10/h10,14H,2-9H2,1H3. The Hall–Kier alpha value is -0.770. The summed E-state index contributed by atoms with van der Waals surface area (Å²) in [7, 11) is 0. The van der Waals surface area contributed by atoms with Crippen molar-refractivity contribution in [1.29, 1.82) is 0 Å². The number of aliphatic hydroxyl groups is 1. The average Bonchev–Trinajstić information content (AvgIpc) is 2.56. The number of rotatable bonds is 3. The molecule has 4 nitrogen and oxygen atoms in total. The number of cyclic esters (lactones) is 1. The van der Waals surface area contributed by atoms with Gasteiger partial charge in [-0.2, -0.15) is 0 Å². The number of aliphatic hydroxyl groups excluding tert-OH is 1. The van der Waals surface area contributed by atoms with Gasteiger partial charge in [-0.1, -0.05) is 19.3 Å². The number of nitrogens with zero attached hydrogens (tertiary/aromatic N) is 1. The summed E-state index contributed by atoms with van der Waals surface area (Å²) in [6.07, 6.45) is 6.24. The fourth-order valence-electron chi connectivity index (χ4n) is 2.94. The Morgan fingerprint density at radius 1 is 1.44 bits per heavy atom. The third kappa shape index (κ3) is 2.03. The van der Waals surface area contributed by atoms with E-state index in [0.717, 1.165) is 12.8 Å². The molecule has 2 aliphatic rings. The second-order valence-corrected chi connectivity index (χ2v) is 5.19. The molecule has 2 fully saturated rings. The van der Waals surface area contributed by atoms with E-state index in [2.05, 4.69) is 0 Å². The van der Waals surface area contributed by atoms with Crippen molar-refractivity contribution in [2.75, 3.05) is 13.2 Å². The van der Waals surface area contributed by atoms with Crippen molar-refractivity contribution in [3.8, 4) is 0 Å². The molecule has 0 aromatic rings. The third-order valence-corrected chi connectivity index (χ3v) is 3.88. The molecule has 0 aromatic carbocycles. The van der Waals surface area contributed by atoms with Crippen LogP contribution in [0.4, 0.5) is 4.79 Å². The summed E-state index contributed by atoms with van der Waals surface area (Å²) in [5, 5.41) is 9.10. The molecule has 4 heteroatoms. The predicted octanol–water partition coefficient (Wildman–Crippen LogP) is 1.91. The van der Waals surface area contributed by atoms with Gasteiger partial charge in [-0.15, -0.1) is 0 Å². The van der Waals surface area contributed by atoms with Gasteiger partial charge in [0.25, 0.3) is 0 Å². The first-order chi connectivity index (χ1) is 7.67. The number of carbonyl (C=O) groups excluding carboxylic acids is 1. The van der Waals surface area contributed by atoms with Gasteiger partial charge in [0.05, 0.1) is 5.54 Å².